The van der Waals surface area contributed by atoms with E-state index < -0.39 is 18.6 Å². The predicted octanol–water partition coefficient (Wildman–Crippen LogP) is 1.65. The van der Waals surface area contributed by atoms with Crippen LogP contribution in [-0.2, 0) is 19.1 Å². The minimum absolute atomic E-state index is 0.0146. The van der Waals surface area contributed by atoms with Gasteiger partial charge in [-0.1, -0.05) is 26.2 Å². The van der Waals surface area contributed by atoms with Crippen LogP contribution in [0, 0.1) is 0 Å². The molecule has 0 unspecified atom stereocenters. The van der Waals surface area contributed by atoms with E-state index in [1.165, 1.54) is 7.05 Å². The molecule has 7 nitrogen and oxygen atoms in total. The Hall–Kier alpha value is -1.79. The van der Waals surface area contributed by atoms with Crippen molar-refractivity contribution < 1.29 is 29.0 Å². The summed E-state index contributed by atoms with van der Waals surface area (Å²) in [7, 11) is 1.32. The number of ether oxygens (including phenoxy) is 2. The minimum Gasteiger partial charge on any atom is -0.480 e. The summed E-state index contributed by atoms with van der Waals surface area (Å²) in [6, 6.07) is 0. The predicted molar refractivity (Wildman–Crippen MR) is 71.3 cm³/mol. The topological polar surface area (TPSA) is 93.1 Å². The van der Waals surface area contributed by atoms with E-state index in [4.69, 9.17) is 14.6 Å². The number of esters is 1. The van der Waals surface area contributed by atoms with Crippen LogP contribution >= 0.6 is 0 Å². The Kier molecular flexibility index (Phi) is 10.1. The fraction of sp³-hybridized carbons (Fsp3) is 0.769. The van der Waals surface area contributed by atoms with Crippen molar-refractivity contribution in [2.24, 2.45) is 0 Å². The number of rotatable bonds is 10. The number of hydrogen-bond donors (Lipinski definition) is 1. The molecule has 0 radical (unpaired) electrons. The van der Waals surface area contributed by atoms with Gasteiger partial charge in [-0.3, -0.25) is 9.59 Å². The van der Waals surface area contributed by atoms with Crippen LogP contribution in [-0.4, -0.2) is 54.8 Å². The second-order valence-corrected chi connectivity index (χ2v) is 4.40. The quantitative estimate of drug-likeness (QED) is 0.485. The maximum Gasteiger partial charge on any atom is 0.410 e. The number of carboxylic acid groups (broad SMARTS) is 1. The number of unbranched alkanes of at least 4 members (excludes halogenated alkanes) is 3. The normalized spacial score (nSPS) is 9.90. The van der Waals surface area contributed by atoms with E-state index in [9.17, 15) is 14.4 Å². The first-order valence-electron chi connectivity index (χ1n) is 6.72. The average Bonchev–Trinajstić information content (AvgIpc) is 2.38. The molecule has 0 aliphatic heterocycles. The molecule has 1 amide bonds. The lowest BCUT2D eigenvalue weighted by atomic mass is 10.2. The number of likely N-dealkylation sites (N-methyl/N-ethyl adjacent to an activating group) is 1. The summed E-state index contributed by atoms with van der Waals surface area (Å²) in [6.07, 6.45) is 3.61. The van der Waals surface area contributed by atoms with E-state index in [-0.39, 0.29) is 19.2 Å². The Bertz CT molecular complexity index is 318. The number of aliphatic carboxylic acids is 1. The maximum atomic E-state index is 11.3. The molecule has 1 N–H and O–H groups in total. The molecule has 0 rings (SSSR count). The third-order valence-electron chi connectivity index (χ3n) is 2.49. The van der Waals surface area contributed by atoms with Gasteiger partial charge in [0.1, 0.15) is 19.8 Å². The molecule has 0 aromatic rings. The molecule has 0 aliphatic rings. The molecule has 0 saturated heterocycles. The largest absolute Gasteiger partial charge is 0.480 e. The van der Waals surface area contributed by atoms with E-state index in [1.807, 2.05) is 0 Å². The van der Waals surface area contributed by atoms with Gasteiger partial charge in [-0.05, 0) is 6.42 Å². The Morgan fingerprint density at radius 2 is 1.70 bits per heavy atom. The smallest absolute Gasteiger partial charge is 0.410 e. The van der Waals surface area contributed by atoms with Crippen LogP contribution in [0.1, 0.15) is 39.0 Å². The highest BCUT2D eigenvalue weighted by molar-refractivity contribution is 5.76. The monoisotopic (exact) mass is 289 g/mol. The van der Waals surface area contributed by atoms with Crippen molar-refractivity contribution in [3.63, 3.8) is 0 Å². The van der Waals surface area contributed by atoms with Gasteiger partial charge in [-0.25, -0.2) is 4.79 Å². The second-order valence-electron chi connectivity index (χ2n) is 4.40. The van der Waals surface area contributed by atoms with Gasteiger partial charge in [0, 0.05) is 13.5 Å². The lowest BCUT2D eigenvalue weighted by Crippen LogP contribution is -2.33. The molecule has 0 heterocycles. The Morgan fingerprint density at radius 1 is 1.05 bits per heavy atom. The molecule has 20 heavy (non-hydrogen) atoms. The van der Waals surface area contributed by atoms with Gasteiger partial charge in [-0.2, -0.15) is 0 Å². The van der Waals surface area contributed by atoms with Crippen LogP contribution in [0.15, 0.2) is 0 Å². The molecule has 0 aromatic heterocycles. The minimum atomic E-state index is -1.12. The Labute approximate surface area is 118 Å². The maximum absolute atomic E-state index is 11.3. The molecular weight excluding hydrogens is 266 g/mol. The number of carbonyl (C=O) groups is 3. The van der Waals surface area contributed by atoms with Gasteiger partial charge in [0.2, 0.25) is 0 Å². The first-order valence-corrected chi connectivity index (χ1v) is 6.72. The summed E-state index contributed by atoms with van der Waals surface area (Å²) in [4.78, 5) is 33.8. The fourth-order valence-electron chi connectivity index (χ4n) is 1.43. The van der Waals surface area contributed by atoms with Crippen molar-refractivity contribution in [1.82, 2.24) is 4.90 Å². The zero-order valence-corrected chi connectivity index (χ0v) is 12.1. The lowest BCUT2D eigenvalue weighted by Gasteiger charge is -2.14. The molecule has 0 saturated carbocycles. The number of hydrogen-bond acceptors (Lipinski definition) is 5. The van der Waals surface area contributed by atoms with E-state index in [2.05, 4.69) is 6.92 Å². The standard InChI is InChI=1S/C13H23NO6/c1-3-4-5-6-7-12(17)19-8-9-20-13(18)14(2)10-11(15)16/h3-10H2,1-2H3,(H,15,16). The molecule has 0 aromatic carbocycles. The third-order valence-corrected chi connectivity index (χ3v) is 2.49. The highest BCUT2D eigenvalue weighted by Gasteiger charge is 2.13. The third kappa shape index (κ3) is 10.2. The van der Waals surface area contributed by atoms with Gasteiger partial charge in [0.15, 0.2) is 0 Å². The first-order chi connectivity index (χ1) is 9.47. The fourth-order valence-corrected chi connectivity index (χ4v) is 1.43. The van der Waals surface area contributed by atoms with Crippen LogP contribution in [0.2, 0.25) is 0 Å². The van der Waals surface area contributed by atoms with E-state index in [0.29, 0.717) is 6.42 Å². The van der Waals surface area contributed by atoms with Crippen LogP contribution in [0.5, 0.6) is 0 Å². The first kappa shape index (κ1) is 18.2. The molecule has 116 valence electrons. The lowest BCUT2D eigenvalue weighted by molar-refractivity contribution is -0.144. The van der Waals surface area contributed by atoms with Crippen LogP contribution in [0.25, 0.3) is 0 Å². The molecule has 0 spiro atoms. The summed E-state index contributed by atoms with van der Waals surface area (Å²) >= 11 is 0. The molecule has 7 heteroatoms. The molecule has 0 fully saturated rings. The van der Waals surface area contributed by atoms with Crippen molar-refractivity contribution in [1.29, 1.82) is 0 Å². The van der Waals surface area contributed by atoms with Crippen molar-refractivity contribution in [3.05, 3.63) is 0 Å². The highest BCUT2D eigenvalue weighted by Crippen LogP contribution is 2.03. The number of carbonyl (C=O) groups excluding carboxylic acids is 2. The number of nitrogens with zero attached hydrogens (tertiary/aromatic N) is 1. The van der Waals surface area contributed by atoms with Gasteiger partial charge in [-0.15, -0.1) is 0 Å². The van der Waals surface area contributed by atoms with E-state index in [1.54, 1.807) is 0 Å². The van der Waals surface area contributed by atoms with Crippen molar-refractivity contribution in [2.75, 3.05) is 26.8 Å². The van der Waals surface area contributed by atoms with Gasteiger partial charge >= 0.3 is 18.0 Å². The van der Waals surface area contributed by atoms with Crippen molar-refractivity contribution in [2.45, 2.75) is 39.0 Å². The zero-order chi connectivity index (χ0) is 15.4. The molecule has 0 atom stereocenters. The summed E-state index contributed by atoms with van der Waals surface area (Å²) in [6.45, 7) is 1.56. The van der Waals surface area contributed by atoms with Gasteiger partial charge < -0.3 is 19.5 Å². The highest BCUT2D eigenvalue weighted by atomic mass is 16.6. The average molecular weight is 289 g/mol. The molecular formula is C13H23NO6. The van der Waals surface area contributed by atoms with E-state index >= 15 is 0 Å². The van der Waals surface area contributed by atoms with Crippen LogP contribution in [0.4, 0.5) is 4.79 Å². The second kappa shape index (κ2) is 11.1. The molecule has 0 aliphatic carbocycles. The SMILES string of the molecule is CCCCCCC(=O)OCCOC(=O)N(C)CC(=O)O. The summed E-state index contributed by atoms with van der Waals surface area (Å²) in [5.74, 6) is -1.43. The zero-order valence-electron chi connectivity index (χ0n) is 12.1. The van der Waals surface area contributed by atoms with Gasteiger partial charge in [0.05, 0.1) is 0 Å². The van der Waals surface area contributed by atoms with Crippen LogP contribution in [0.3, 0.4) is 0 Å². The Morgan fingerprint density at radius 3 is 2.30 bits per heavy atom. The van der Waals surface area contributed by atoms with Crippen LogP contribution < -0.4 is 0 Å². The van der Waals surface area contributed by atoms with E-state index in [0.717, 1.165) is 30.6 Å². The number of carboxylic acids is 1. The van der Waals surface area contributed by atoms with Crippen molar-refractivity contribution >= 4 is 18.0 Å². The summed E-state index contributed by atoms with van der Waals surface area (Å²) in [5, 5.41) is 8.48. The Balaban J connectivity index is 3.57. The number of amides is 1. The van der Waals surface area contributed by atoms with Gasteiger partial charge in [0.25, 0.3) is 0 Å². The summed E-state index contributed by atoms with van der Waals surface area (Å²) in [5.41, 5.74) is 0. The molecule has 0 bridgehead atoms. The van der Waals surface area contributed by atoms with Crippen molar-refractivity contribution in [3.8, 4) is 0 Å². The summed E-state index contributed by atoms with van der Waals surface area (Å²) < 4.78 is 9.63.